The molecule has 0 bridgehead atoms. The van der Waals surface area contributed by atoms with E-state index in [1.807, 2.05) is 0 Å². The van der Waals surface area contributed by atoms with Gasteiger partial charge in [0, 0.05) is 6.42 Å². The number of rotatable bonds is 0. The first-order valence-electron chi connectivity index (χ1n) is 3.15. The van der Waals surface area contributed by atoms with E-state index in [0.717, 1.165) is 0 Å². The Morgan fingerprint density at radius 2 is 2.00 bits per heavy atom. The first-order valence-corrected chi connectivity index (χ1v) is 3.15. The number of carbonyl (C=O) groups excluding carboxylic acids is 2. The van der Waals surface area contributed by atoms with E-state index >= 15 is 0 Å². The second-order valence-corrected chi connectivity index (χ2v) is 2.79. The lowest BCUT2D eigenvalue weighted by Crippen LogP contribution is -2.57. The Morgan fingerprint density at radius 3 is 2.33 bits per heavy atom. The third kappa shape index (κ3) is 2.88. The quantitative estimate of drug-likeness (QED) is 0.525. The second kappa shape index (κ2) is 4.54. The molecule has 1 heterocycles. The molecule has 0 aromatic rings. The number of hydrogen-bond acceptors (Lipinski definition) is 3. The van der Waals surface area contributed by atoms with Crippen molar-refractivity contribution in [1.29, 1.82) is 0 Å². The zero-order valence-corrected chi connectivity index (χ0v) is 8.43. The van der Waals surface area contributed by atoms with E-state index in [2.05, 4.69) is 5.32 Å². The highest BCUT2D eigenvalue weighted by atomic mass is 79.9. The van der Waals surface area contributed by atoms with Crippen LogP contribution in [0.3, 0.4) is 0 Å². The van der Waals surface area contributed by atoms with Crippen molar-refractivity contribution < 1.29 is 15.1 Å². The monoisotopic (exact) mass is 240 g/mol. The highest BCUT2D eigenvalue weighted by Gasteiger charge is 2.34. The number of nitrogens with two attached hydrogens (primary N) is 1. The molecule has 72 valence electrons. The fraction of sp³-hybridized carbons (Fsp3) is 0.667. The molecule has 0 aliphatic carbocycles. The van der Waals surface area contributed by atoms with Crippen molar-refractivity contribution in [3.8, 4) is 0 Å². The van der Waals surface area contributed by atoms with Gasteiger partial charge in [-0.15, -0.1) is 17.0 Å². The van der Waals surface area contributed by atoms with Crippen LogP contribution in [-0.4, -0.2) is 22.8 Å². The first kappa shape index (κ1) is 14.1. The largest absolute Gasteiger partial charge is 0.412 e. The SMILES string of the molecule is Br.C[C@@]1(N)CCC(=O)NC1=O.O. The van der Waals surface area contributed by atoms with Crippen LogP contribution in [0.25, 0.3) is 0 Å². The van der Waals surface area contributed by atoms with E-state index in [1.54, 1.807) is 6.92 Å². The molecule has 1 atom stereocenters. The maximum Gasteiger partial charge on any atom is 0.246 e. The van der Waals surface area contributed by atoms with Crippen LogP contribution in [0.15, 0.2) is 0 Å². The fourth-order valence-corrected chi connectivity index (χ4v) is 0.819. The van der Waals surface area contributed by atoms with Crippen LogP contribution in [0, 0.1) is 0 Å². The van der Waals surface area contributed by atoms with Crippen LogP contribution in [0.5, 0.6) is 0 Å². The molecule has 1 aliphatic rings. The molecule has 1 saturated heterocycles. The summed E-state index contributed by atoms with van der Waals surface area (Å²) in [5.41, 5.74) is 4.67. The Morgan fingerprint density at radius 1 is 1.50 bits per heavy atom. The summed E-state index contributed by atoms with van der Waals surface area (Å²) < 4.78 is 0. The average Bonchev–Trinajstić information content (AvgIpc) is 1.81. The van der Waals surface area contributed by atoms with Crippen LogP contribution < -0.4 is 11.1 Å². The number of carbonyl (C=O) groups is 2. The maximum atomic E-state index is 10.9. The number of nitrogens with one attached hydrogen (secondary N) is 1. The molecule has 1 rings (SSSR count). The molecule has 1 fully saturated rings. The summed E-state index contributed by atoms with van der Waals surface area (Å²) >= 11 is 0. The van der Waals surface area contributed by atoms with Crippen LogP contribution in [0.2, 0.25) is 0 Å². The lowest BCUT2D eigenvalue weighted by atomic mass is 9.93. The van der Waals surface area contributed by atoms with Gasteiger partial charge in [-0.25, -0.2) is 0 Å². The summed E-state index contributed by atoms with van der Waals surface area (Å²) in [5.74, 6) is -0.600. The number of imide groups is 1. The van der Waals surface area contributed by atoms with Crippen molar-refractivity contribution in [2.24, 2.45) is 5.73 Å². The smallest absolute Gasteiger partial charge is 0.246 e. The van der Waals surface area contributed by atoms with Crippen molar-refractivity contribution >= 4 is 28.8 Å². The normalized spacial score (nSPS) is 28.2. The number of halogens is 1. The van der Waals surface area contributed by atoms with Gasteiger partial charge in [-0.3, -0.25) is 14.9 Å². The van der Waals surface area contributed by atoms with E-state index in [9.17, 15) is 9.59 Å². The molecule has 6 heteroatoms. The molecule has 0 saturated carbocycles. The molecule has 0 aromatic carbocycles. The zero-order valence-electron chi connectivity index (χ0n) is 6.72. The number of piperidine rings is 1. The van der Waals surface area contributed by atoms with Gasteiger partial charge in [0.1, 0.15) is 0 Å². The van der Waals surface area contributed by atoms with Crippen molar-refractivity contribution in [2.45, 2.75) is 25.3 Å². The fourth-order valence-electron chi connectivity index (χ4n) is 0.819. The molecule has 1 aliphatic heterocycles. The Bertz CT molecular complexity index is 193. The van der Waals surface area contributed by atoms with Gasteiger partial charge in [-0.1, -0.05) is 0 Å². The van der Waals surface area contributed by atoms with E-state index in [0.29, 0.717) is 12.8 Å². The molecule has 5 N–H and O–H groups in total. The highest BCUT2D eigenvalue weighted by molar-refractivity contribution is 8.93. The van der Waals surface area contributed by atoms with Gasteiger partial charge in [0.05, 0.1) is 5.54 Å². The van der Waals surface area contributed by atoms with E-state index in [4.69, 9.17) is 5.73 Å². The van der Waals surface area contributed by atoms with Crippen molar-refractivity contribution in [1.82, 2.24) is 5.32 Å². The minimum atomic E-state index is -0.853. The lowest BCUT2D eigenvalue weighted by molar-refractivity contribution is -0.137. The molecule has 0 unspecified atom stereocenters. The minimum absolute atomic E-state index is 0. The molecule has 0 radical (unpaired) electrons. The van der Waals surface area contributed by atoms with Crippen molar-refractivity contribution in [3.63, 3.8) is 0 Å². The number of amides is 2. The van der Waals surface area contributed by atoms with Crippen LogP contribution in [-0.2, 0) is 9.59 Å². The van der Waals surface area contributed by atoms with Crippen LogP contribution >= 0.6 is 17.0 Å². The average molecular weight is 241 g/mol. The Labute approximate surface area is 80.8 Å². The molecule has 5 nitrogen and oxygen atoms in total. The van der Waals surface area contributed by atoms with E-state index in [1.165, 1.54) is 0 Å². The summed E-state index contributed by atoms with van der Waals surface area (Å²) in [6.07, 6.45) is 0.788. The summed E-state index contributed by atoms with van der Waals surface area (Å²) in [4.78, 5) is 21.4. The van der Waals surface area contributed by atoms with Gasteiger partial charge < -0.3 is 11.2 Å². The summed E-state index contributed by atoms with van der Waals surface area (Å²) in [7, 11) is 0. The predicted octanol–water partition coefficient (Wildman–Crippen LogP) is -1.11. The standard InChI is InChI=1S/C6H10N2O2.BrH.H2O/c1-6(7)3-2-4(9)8-5(6)10;;/h2-3,7H2,1H3,(H,8,9,10);1H;1H2/t6-;;/m1../s1. The topological polar surface area (TPSA) is 104 Å². The van der Waals surface area contributed by atoms with E-state index in [-0.39, 0.29) is 34.3 Å². The second-order valence-electron chi connectivity index (χ2n) is 2.79. The minimum Gasteiger partial charge on any atom is -0.412 e. The van der Waals surface area contributed by atoms with Gasteiger partial charge in [0.25, 0.3) is 0 Å². The Balaban J connectivity index is 0. The van der Waals surface area contributed by atoms with Gasteiger partial charge in [0.2, 0.25) is 11.8 Å². The van der Waals surface area contributed by atoms with Gasteiger partial charge in [0.15, 0.2) is 0 Å². The summed E-state index contributed by atoms with van der Waals surface area (Å²) in [6, 6.07) is 0. The molecule has 12 heavy (non-hydrogen) atoms. The van der Waals surface area contributed by atoms with Crippen molar-refractivity contribution in [3.05, 3.63) is 0 Å². The van der Waals surface area contributed by atoms with Gasteiger partial charge in [-0.2, -0.15) is 0 Å². The number of hydrogen-bond donors (Lipinski definition) is 2. The third-order valence-corrected chi connectivity index (χ3v) is 1.64. The maximum absolute atomic E-state index is 10.9. The summed E-state index contributed by atoms with van der Waals surface area (Å²) in [6.45, 7) is 1.62. The van der Waals surface area contributed by atoms with Gasteiger partial charge in [-0.05, 0) is 13.3 Å². The molecular weight excluding hydrogens is 228 g/mol. The Kier molecular flexibility index (Phi) is 5.33. The predicted molar refractivity (Wildman–Crippen MR) is 48.9 cm³/mol. The van der Waals surface area contributed by atoms with E-state index < -0.39 is 5.54 Å². The Hall–Kier alpha value is -0.460. The third-order valence-electron chi connectivity index (χ3n) is 1.64. The van der Waals surface area contributed by atoms with Crippen molar-refractivity contribution in [2.75, 3.05) is 0 Å². The zero-order chi connectivity index (χ0) is 7.78. The van der Waals surface area contributed by atoms with Crippen LogP contribution in [0.1, 0.15) is 19.8 Å². The lowest BCUT2D eigenvalue weighted by Gasteiger charge is -2.26. The molecule has 0 spiro atoms. The van der Waals surface area contributed by atoms with Gasteiger partial charge >= 0.3 is 0 Å². The molecule has 2 amide bonds. The molecular formula is C6H13BrN2O3. The first-order chi connectivity index (χ1) is 4.52. The highest BCUT2D eigenvalue weighted by Crippen LogP contribution is 2.12. The molecule has 0 aromatic heterocycles. The summed E-state index contributed by atoms with van der Waals surface area (Å²) in [5, 5.41) is 2.17. The van der Waals surface area contributed by atoms with Crippen LogP contribution in [0.4, 0.5) is 0 Å².